The molecule has 7 heteroatoms. The van der Waals surface area contributed by atoms with Gasteiger partial charge in [0, 0.05) is 21.1 Å². The van der Waals surface area contributed by atoms with Gasteiger partial charge in [-0.1, -0.05) is 0 Å². The summed E-state index contributed by atoms with van der Waals surface area (Å²) in [5, 5.41) is 8.72. The number of nitrogens with zero attached hydrogens (tertiary/aromatic N) is 2. The van der Waals surface area contributed by atoms with Crippen LogP contribution in [0.5, 0.6) is 0 Å². The molecule has 0 saturated carbocycles. The van der Waals surface area contributed by atoms with Crippen molar-refractivity contribution in [3.05, 3.63) is 29.8 Å². The zero-order chi connectivity index (χ0) is 13.2. The van der Waals surface area contributed by atoms with E-state index < -0.39 is 16.2 Å². The van der Waals surface area contributed by atoms with Crippen LogP contribution in [0.2, 0.25) is 0 Å². The van der Waals surface area contributed by atoms with Crippen LogP contribution in [0.15, 0.2) is 24.3 Å². The summed E-state index contributed by atoms with van der Waals surface area (Å²) in [7, 11) is 0.720. The lowest BCUT2D eigenvalue weighted by Gasteiger charge is -2.23. The highest BCUT2D eigenvalue weighted by molar-refractivity contribution is 7.90. The molecule has 0 bridgehead atoms. The zero-order valence-electron chi connectivity index (χ0n) is 9.78. The molecule has 0 aliphatic rings. The first-order valence-corrected chi connectivity index (χ1v) is 6.16. The van der Waals surface area contributed by atoms with Crippen molar-refractivity contribution in [3.63, 3.8) is 0 Å². The van der Waals surface area contributed by atoms with Gasteiger partial charge in [-0.15, -0.1) is 0 Å². The summed E-state index contributed by atoms with van der Waals surface area (Å²) < 4.78 is 25.7. The number of carbonyl (C=O) groups is 1. The molecule has 17 heavy (non-hydrogen) atoms. The molecular weight excluding hydrogens is 244 g/mol. The van der Waals surface area contributed by atoms with Gasteiger partial charge < -0.3 is 5.11 Å². The Labute approximate surface area is 100 Å². The van der Waals surface area contributed by atoms with Crippen molar-refractivity contribution in [2.75, 3.05) is 25.4 Å². The lowest BCUT2D eigenvalue weighted by atomic mass is 10.2. The second-order valence-corrected chi connectivity index (χ2v) is 5.78. The maximum Gasteiger partial charge on any atom is 0.335 e. The van der Waals surface area contributed by atoms with E-state index in [9.17, 15) is 13.2 Å². The van der Waals surface area contributed by atoms with Crippen LogP contribution >= 0.6 is 0 Å². The van der Waals surface area contributed by atoms with Crippen LogP contribution in [-0.4, -0.2) is 44.9 Å². The minimum Gasteiger partial charge on any atom is -0.478 e. The fourth-order valence-corrected chi connectivity index (χ4v) is 2.07. The number of aromatic carboxylic acids is 1. The Kier molecular flexibility index (Phi) is 3.74. The van der Waals surface area contributed by atoms with E-state index in [-0.39, 0.29) is 5.56 Å². The Morgan fingerprint density at radius 2 is 1.59 bits per heavy atom. The van der Waals surface area contributed by atoms with Crippen molar-refractivity contribution in [3.8, 4) is 0 Å². The fourth-order valence-electron chi connectivity index (χ4n) is 1.19. The molecule has 0 atom stereocenters. The maximum absolute atomic E-state index is 11.8. The first-order chi connectivity index (χ1) is 7.76. The predicted molar refractivity (Wildman–Crippen MR) is 64.4 cm³/mol. The molecule has 0 saturated heterocycles. The molecule has 0 heterocycles. The van der Waals surface area contributed by atoms with Gasteiger partial charge in [-0.25, -0.2) is 4.79 Å². The van der Waals surface area contributed by atoms with Gasteiger partial charge >= 0.3 is 16.2 Å². The first kappa shape index (κ1) is 13.5. The second kappa shape index (κ2) is 4.72. The summed E-state index contributed by atoms with van der Waals surface area (Å²) in [6, 6.07) is 5.62. The van der Waals surface area contributed by atoms with E-state index >= 15 is 0 Å². The quantitative estimate of drug-likeness (QED) is 0.859. The van der Waals surface area contributed by atoms with Crippen molar-refractivity contribution in [1.82, 2.24) is 4.31 Å². The number of rotatable bonds is 4. The number of anilines is 1. The van der Waals surface area contributed by atoms with Crippen molar-refractivity contribution in [1.29, 1.82) is 0 Å². The number of hydrogen-bond acceptors (Lipinski definition) is 3. The van der Waals surface area contributed by atoms with Gasteiger partial charge in [-0.05, 0) is 24.3 Å². The monoisotopic (exact) mass is 258 g/mol. The summed E-state index contributed by atoms with van der Waals surface area (Å²) in [4.78, 5) is 10.6. The van der Waals surface area contributed by atoms with E-state index in [2.05, 4.69) is 0 Å². The highest BCUT2D eigenvalue weighted by Crippen LogP contribution is 2.17. The summed E-state index contributed by atoms with van der Waals surface area (Å²) in [6.07, 6.45) is 0. The van der Waals surface area contributed by atoms with Crippen molar-refractivity contribution >= 4 is 21.9 Å². The van der Waals surface area contributed by atoms with Gasteiger partial charge in [-0.2, -0.15) is 12.7 Å². The Morgan fingerprint density at radius 1 is 1.12 bits per heavy atom. The van der Waals surface area contributed by atoms with Gasteiger partial charge in [0.15, 0.2) is 0 Å². The standard InChI is InChI=1S/C10H14N2O4S/c1-11(2)17(15,16)12(3)9-6-4-8(5-7-9)10(13)14/h4-7H,1-3H3,(H,13,14). The van der Waals surface area contributed by atoms with E-state index in [1.165, 1.54) is 45.4 Å². The molecular formula is C10H14N2O4S. The third-order valence-corrected chi connectivity index (χ3v) is 4.11. The number of hydrogen-bond donors (Lipinski definition) is 1. The van der Waals surface area contributed by atoms with Crippen LogP contribution in [0.3, 0.4) is 0 Å². The Balaban J connectivity index is 3.06. The topological polar surface area (TPSA) is 77.9 Å². The number of benzene rings is 1. The van der Waals surface area contributed by atoms with Crippen LogP contribution in [0.1, 0.15) is 10.4 Å². The van der Waals surface area contributed by atoms with Crippen molar-refractivity contribution < 1.29 is 18.3 Å². The molecule has 1 rings (SSSR count). The molecule has 0 unspecified atom stereocenters. The molecule has 1 aromatic rings. The third kappa shape index (κ3) is 2.75. The smallest absolute Gasteiger partial charge is 0.335 e. The number of carboxylic acid groups (broad SMARTS) is 1. The molecule has 1 N–H and O–H groups in total. The number of carboxylic acids is 1. The van der Waals surface area contributed by atoms with Crippen LogP contribution in [-0.2, 0) is 10.2 Å². The molecule has 1 aromatic carbocycles. The lowest BCUT2D eigenvalue weighted by molar-refractivity contribution is 0.0697. The van der Waals surface area contributed by atoms with Gasteiger partial charge in [-0.3, -0.25) is 4.31 Å². The molecule has 94 valence electrons. The average Bonchev–Trinajstić information content (AvgIpc) is 2.27. The minimum atomic E-state index is -3.54. The zero-order valence-corrected chi connectivity index (χ0v) is 10.6. The third-order valence-electron chi connectivity index (χ3n) is 2.29. The Bertz CT molecular complexity index is 508. The van der Waals surface area contributed by atoms with Crippen LogP contribution in [0.25, 0.3) is 0 Å². The molecule has 0 aliphatic carbocycles. The van der Waals surface area contributed by atoms with Crippen molar-refractivity contribution in [2.24, 2.45) is 0 Å². The highest BCUT2D eigenvalue weighted by atomic mass is 32.2. The second-order valence-electron chi connectivity index (χ2n) is 3.61. The molecule has 0 fully saturated rings. The van der Waals surface area contributed by atoms with Gasteiger partial charge in [0.25, 0.3) is 0 Å². The minimum absolute atomic E-state index is 0.115. The van der Waals surface area contributed by atoms with Crippen LogP contribution in [0.4, 0.5) is 5.69 Å². The summed E-state index contributed by atoms with van der Waals surface area (Å²) in [5.41, 5.74) is 0.521. The normalized spacial score (nSPS) is 11.5. The molecule has 6 nitrogen and oxygen atoms in total. The van der Waals surface area contributed by atoms with Gasteiger partial charge in [0.05, 0.1) is 11.3 Å². The van der Waals surface area contributed by atoms with E-state index in [4.69, 9.17) is 5.11 Å². The predicted octanol–water partition coefficient (Wildman–Crippen LogP) is 0.627. The summed E-state index contributed by atoms with van der Waals surface area (Å²) in [6.45, 7) is 0. The molecule has 0 amide bonds. The van der Waals surface area contributed by atoms with Gasteiger partial charge in [0.1, 0.15) is 0 Å². The van der Waals surface area contributed by atoms with E-state index in [0.717, 1.165) is 8.61 Å². The lowest BCUT2D eigenvalue weighted by Crippen LogP contribution is -2.37. The highest BCUT2D eigenvalue weighted by Gasteiger charge is 2.20. The largest absolute Gasteiger partial charge is 0.478 e. The fraction of sp³-hybridized carbons (Fsp3) is 0.300. The summed E-state index contributed by atoms with van der Waals surface area (Å²) in [5.74, 6) is -1.05. The molecule has 0 aliphatic heterocycles. The van der Waals surface area contributed by atoms with E-state index in [0.29, 0.717) is 5.69 Å². The summed E-state index contributed by atoms with van der Waals surface area (Å²) >= 11 is 0. The molecule has 0 radical (unpaired) electrons. The molecule has 0 spiro atoms. The van der Waals surface area contributed by atoms with Crippen LogP contribution < -0.4 is 4.31 Å². The average molecular weight is 258 g/mol. The van der Waals surface area contributed by atoms with Crippen LogP contribution in [0, 0.1) is 0 Å². The Hall–Kier alpha value is -1.60. The SMILES string of the molecule is CN(C)S(=O)(=O)N(C)c1ccc(C(=O)O)cc1. The first-order valence-electron chi connectivity index (χ1n) is 4.76. The van der Waals surface area contributed by atoms with Gasteiger partial charge in [0.2, 0.25) is 0 Å². The maximum atomic E-state index is 11.8. The molecule has 0 aromatic heterocycles. The van der Waals surface area contributed by atoms with Crippen molar-refractivity contribution in [2.45, 2.75) is 0 Å². The van der Waals surface area contributed by atoms with E-state index in [1.54, 1.807) is 0 Å². The van der Waals surface area contributed by atoms with E-state index in [1.807, 2.05) is 0 Å². The Morgan fingerprint density at radius 3 is 1.94 bits per heavy atom.